The fraction of sp³-hybridized carbons (Fsp3) is 0.0625. The van der Waals surface area contributed by atoms with Crippen molar-refractivity contribution in [3.63, 3.8) is 0 Å². The lowest BCUT2D eigenvalue weighted by molar-refractivity contribution is 0.412. The molecule has 5 heteroatoms. The van der Waals surface area contributed by atoms with Crippen LogP contribution in [0, 0.1) is 0 Å². The van der Waals surface area contributed by atoms with Gasteiger partial charge in [-0.3, -0.25) is 4.98 Å². The van der Waals surface area contributed by atoms with Crippen molar-refractivity contribution in [2.24, 2.45) is 0 Å². The number of aromatic nitrogens is 1. The van der Waals surface area contributed by atoms with Crippen LogP contribution in [0.4, 0.5) is 5.69 Å². The van der Waals surface area contributed by atoms with Crippen molar-refractivity contribution in [1.82, 2.24) is 4.98 Å². The minimum Gasteiger partial charge on any atom is -0.497 e. The molecule has 2 aromatic carbocycles. The van der Waals surface area contributed by atoms with Gasteiger partial charge in [0.25, 0.3) is 0 Å². The van der Waals surface area contributed by atoms with Gasteiger partial charge in [-0.2, -0.15) is 0 Å². The molecule has 0 saturated heterocycles. The maximum Gasteiger partial charge on any atom is 0.161 e. The first kappa shape index (κ1) is 13.7. The summed E-state index contributed by atoms with van der Waals surface area (Å²) >= 11 is 3.47. The van der Waals surface area contributed by atoms with Gasteiger partial charge in [0, 0.05) is 5.39 Å². The number of nitrogens with two attached hydrogens (primary N) is 1. The average molecular weight is 345 g/mol. The number of rotatable bonds is 3. The highest BCUT2D eigenvalue weighted by Gasteiger charge is 2.11. The van der Waals surface area contributed by atoms with E-state index >= 15 is 0 Å². The topological polar surface area (TPSA) is 57.4 Å². The van der Waals surface area contributed by atoms with Crippen molar-refractivity contribution in [2.75, 3.05) is 12.8 Å². The van der Waals surface area contributed by atoms with Gasteiger partial charge in [0.05, 0.1) is 29.0 Å². The minimum atomic E-state index is 0.497. The number of methoxy groups -OCH3 is 1. The molecule has 0 unspecified atom stereocenters. The van der Waals surface area contributed by atoms with E-state index < -0.39 is 0 Å². The van der Waals surface area contributed by atoms with Crippen LogP contribution in [0.1, 0.15) is 0 Å². The van der Waals surface area contributed by atoms with Gasteiger partial charge in [-0.05, 0) is 46.3 Å². The molecule has 0 spiro atoms. The normalized spacial score (nSPS) is 10.6. The van der Waals surface area contributed by atoms with Gasteiger partial charge in [0.15, 0.2) is 5.75 Å². The summed E-state index contributed by atoms with van der Waals surface area (Å²) in [7, 11) is 1.62. The number of nitrogens with zero attached hydrogens (tertiary/aromatic N) is 1. The Balaban J connectivity index is 2.07. The molecule has 4 nitrogen and oxygen atoms in total. The highest BCUT2D eigenvalue weighted by atomic mass is 79.9. The summed E-state index contributed by atoms with van der Waals surface area (Å²) in [5, 5.41) is 0.875. The van der Waals surface area contributed by atoms with E-state index in [9.17, 15) is 0 Å². The van der Waals surface area contributed by atoms with E-state index in [1.165, 1.54) is 0 Å². The zero-order valence-electron chi connectivity index (χ0n) is 11.3. The van der Waals surface area contributed by atoms with Gasteiger partial charge >= 0.3 is 0 Å². The molecule has 106 valence electrons. The van der Waals surface area contributed by atoms with Gasteiger partial charge in [0.1, 0.15) is 11.5 Å². The summed E-state index contributed by atoms with van der Waals surface area (Å²) in [6.07, 6.45) is 1.61. The van der Waals surface area contributed by atoms with Gasteiger partial charge in [-0.1, -0.05) is 12.1 Å². The highest BCUT2D eigenvalue weighted by molar-refractivity contribution is 9.10. The molecule has 2 N–H and O–H groups in total. The molecule has 0 atom stereocenters. The van der Waals surface area contributed by atoms with Crippen molar-refractivity contribution in [2.45, 2.75) is 0 Å². The number of nitrogen functional groups attached to an aromatic ring is 1. The van der Waals surface area contributed by atoms with Crippen LogP contribution in [0.3, 0.4) is 0 Å². The third-order valence-corrected chi connectivity index (χ3v) is 3.72. The molecule has 0 saturated carbocycles. The van der Waals surface area contributed by atoms with Crippen LogP contribution in [-0.2, 0) is 0 Å². The van der Waals surface area contributed by atoms with Crippen LogP contribution in [0.5, 0.6) is 17.2 Å². The Morgan fingerprint density at radius 2 is 1.95 bits per heavy atom. The molecule has 1 heterocycles. The van der Waals surface area contributed by atoms with Gasteiger partial charge < -0.3 is 15.2 Å². The fourth-order valence-electron chi connectivity index (χ4n) is 2.05. The Bertz CT molecular complexity index is 805. The zero-order chi connectivity index (χ0) is 14.8. The third kappa shape index (κ3) is 2.64. The van der Waals surface area contributed by atoms with Crippen molar-refractivity contribution in [3.05, 3.63) is 53.1 Å². The predicted molar refractivity (Wildman–Crippen MR) is 86.9 cm³/mol. The maximum atomic E-state index is 6.01. The number of benzene rings is 2. The van der Waals surface area contributed by atoms with E-state index in [4.69, 9.17) is 15.2 Å². The maximum absolute atomic E-state index is 6.01. The Hall–Kier alpha value is -2.27. The first-order valence-electron chi connectivity index (χ1n) is 6.33. The standard InChI is InChI=1S/C16H13BrN2O2/c1-20-10-6-7-15(12(17)8-10)21-16-11-4-2-3-5-14(11)19-9-13(16)18/h2-9H,18H2,1H3. The summed E-state index contributed by atoms with van der Waals surface area (Å²) in [5.41, 5.74) is 7.35. The number of halogens is 1. The van der Waals surface area contributed by atoms with E-state index in [1.54, 1.807) is 13.3 Å². The van der Waals surface area contributed by atoms with Gasteiger partial charge in [0.2, 0.25) is 0 Å². The van der Waals surface area contributed by atoms with E-state index in [0.717, 1.165) is 21.1 Å². The lowest BCUT2D eigenvalue weighted by Gasteiger charge is -2.13. The molecule has 1 aromatic heterocycles. The Labute approximate surface area is 130 Å². The molecular formula is C16H13BrN2O2. The Morgan fingerprint density at radius 3 is 2.71 bits per heavy atom. The second-order valence-electron chi connectivity index (χ2n) is 4.46. The fourth-order valence-corrected chi connectivity index (χ4v) is 2.49. The molecule has 0 aliphatic heterocycles. The van der Waals surface area contributed by atoms with Crippen molar-refractivity contribution in [1.29, 1.82) is 0 Å². The molecule has 0 radical (unpaired) electrons. The van der Waals surface area contributed by atoms with Crippen molar-refractivity contribution < 1.29 is 9.47 Å². The molecule has 3 rings (SSSR count). The number of ether oxygens (including phenoxy) is 2. The number of fused-ring (bicyclic) bond motifs is 1. The molecule has 21 heavy (non-hydrogen) atoms. The van der Waals surface area contributed by atoms with Crippen LogP contribution < -0.4 is 15.2 Å². The predicted octanol–water partition coefficient (Wildman–Crippen LogP) is 4.38. The van der Waals surface area contributed by atoms with Gasteiger partial charge in [-0.25, -0.2) is 0 Å². The lowest BCUT2D eigenvalue weighted by atomic mass is 10.2. The van der Waals surface area contributed by atoms with E-state index in [2.05, 4.69) is 20.9 Å². The Kier molecular flexibility index (Phi) is 3.66. The SMILES string of the molecule is COc1ccc(Oc2c(N)cnc3ccccc23)c(Br)c1. The number of hydrogen-bond donors (Lipinski definition) is 1. The second kappa shape index (κ2) is 5.61. The molecular weight excluding hydrogens is 332 g/mol. The summed E-state index contributed by atoms with van der Waals surface area (Å²) in [5.74, 6) is 2.02. The molecule has 0 aliphatic rings. The zero-order valence-corrected chi connectivity index (χ0v) is 12.9. The summed E-state index contributed by atoms with van der Waals surface area (Å²) in [6.45, 7) is 0. The molecule has 0 bridgehead atoms. The smallest absolute Gasteiger partial charge is 0.161 e. The van der Waals surface area contributed by atoms with E-state index in [-0.39, 0.29) is 0 Å². The summed E-state index contributed by atoms with van der Waals surface area (Å²) in [6, 6.07) is 13.2. The van der Waals surface area contributed by atoms with Crippen LogP contribution >= 0.6 is 15.9 Å². The third-order valence-electron chi connectivity index (χ3n) is 3.10. The minimum absolute atomic E-state index is 0.497. The Morgan fingerprint density at radius 1 is 1.14 bits per heavy atom. The summed E-state index contributed by atoms with van der Waals surface area (Å²) in [4.78, 5) is 4.30. The monoisotopic (exact) mass is 344 g/mol. The molecule has 0 aliphatic carbocycles. The van der Waals surface area contributed by atoms with Crippen LogP contribution in [-0.4, -0.2) is 12.1 Å². The van der Waals surface area contributed by atoms with Crippen molar-refractivity contribution >= 4 is 32.5 Å². The number of anilines is 1. The number of hydrogen-bond acceptors (Lipinski definition) is 4. The largest absolute Gasteiger partial charge is 0.497 e. The number of para-hydroxylation sites is 1. The highest BCUT2D eigenvalue weighted by Crippen LogP contribution is 2.38. The molecule has 3 aromatic rings. The average Bonchev–Trinajstić information content (AvgIpc) is 2.51. The quantitative estimate of drug-likeness (QED) is 0.765. The molecule has 0 amide bonds. The van der Waals surface area contributed by atoms with Gasteiger partial charge in [-0.15, -0.1) is 0 Å². The molecule has 0 fully saturated rings. The van der Waals surface area contributed by atoms with E-state index in [0.29, 0.717) is 17.2 Å². The first-order chi connectivity index (χ1) is 10.2. The lowest BCUT2D eigenvalue weighted by Crippen LogP contribution is -1.95. The first-order valence-corrected chi connectivity index (χ1v) is 7.13. The number of pyridine rings is 1. The van der Waals surface area contributed by atoms with E-state index in [1.807, 2.05) is 42.5 Å². The summed E-state index contributed by atoms with van der Waals surface area (Å²) < 4.78 is 12.0. The van der Waals surface area contributed by atoms with Crippen LogP contribution in [0.25, 0.3) is 10.9 Å². The van der Waals surface area contributed by atoms with Crippen LogP contribution in [0.15, 0.2) is 53.1 Å². The van der Waals surface area contributed by atoms with Crippen LogP contribution in [0.2, 0.25) is 0 Å². The van der Waals surface area contributed by atoms with Crippen molar-refractivity contribution in [3.8, 4) is 17.2 Å². The second-order valence-corrected chi connectivity index (χ2v) is 5.31.